The van der Waals surface area contributed by atoms with E-state index in [1.165, 1.54) is 0 Å². The lowest BCUT2D eigenvalue weighted by molar-refractivity contribution is 0.102. The molecule has 0 radical (unpaired) electrons. The Morgan fingerprint density at radius 3 is 2.68 bits per heavy atom. The summed E-state index contributed by atoms with van der Waals surface area (Å²) >= 11 is 2.17. The van der Waals surface area contributed by atoms with Gasteiger partial charge in [0, 0.05) is 23.5 Å². The van der Waals surface area contributed by atoms with E-state index in [1.807, 2.05) is 55.5 Å². The van der Waals surface area contributed by atoms with Gasteiger partial charge in [-0.3, -0.25) is 4.79 Å². The van der Waals surface area contributed by atoms with Crippen LogP contribution < -0.4 is 10.6 Å². The van der Waals surface area contributed by atoms with Gasteiger partial charge in [-0.05, 0) is 37.3 Å². The second-order valence-electron chi connectivity index (χ2n) is 4.85. The number of hydrogen-bond donors (Lipinski definition) is 2. The van der Waals surface area contributed by atoms with Gasteiger partial charge in [-0.25, -0.2) is 0 Å². The van der Waals surface area contributed by atoms with Crippen LogP contribution in [0.3, 0.4) is 0 Å². The van der Waals surface area contributed by atoms with Crippen LogP contribution in [0.1, 0.15) is 15.9 Å². The Hall–Kier alpha value is -1.60. The standard InChI is InChI=1S/C17H19IN2O2/c1-13-4-2-5-14(10-13)17(21)20-16-7-3-6-15(11-16)19-8-9-22-12-18/h2-7,10-11,19H,8-9,12H2,1H3,(H,20,21). The molecule has 116 valence electrons. The van der Waals surface area contributed by atoms with E-state index in [-0.39, 0.29) is 5.91 Å². The van der Waals surface area contributed by atoms with Gasteiger partial charge >= 0.3 is 0 Å². The zero-order valence-corrected chi connectivity index (χ0v) is 14.6. The van der Waals surface area contributed by atoms with Crippen molar-refractivity contribution in [3.63, 3.8) is 0 Å². The second kappa shape index (κ2) is 8.75. The van der Waals surface area contributed by atoms with Gasteiger partial charge in [0.2, 0.25) is 0 Å². The molecule has 4 nitrogen and oxygen atoms in total. The fourth-order valence-corrected chi connectivity index (χ4v) is 2.33. The second-order valence-corrected chi connectivity index (χ2v) is 5.47. The smallest absolute Gasteiger partial charge is 0.255 e. The van der Waals surface area contributed by atoms with Gasteiger partial charge in [0.1, 0.15) is 0 Å². The highest BCUT2D eigenvalue weighted by Gasteiger charge is 2.06. The molecular weight excluding hydrogens is 391 g/mol. The average molecular weight is 410 g/mol. The van der Waals surface area contributed by atoms with Crippen LogP contribution in [0.15, 0.2) is 48.5 Å². The first-order valence-corrected chi connectivity index (χ1v) is 8.57. The zero-order chi connectivity index (χ0) is 15.8. The molecule has 0 aliphatic rings. The molecule has 0 saturated heterocycles. The number of anilines is 2. The van der Waals surface area contributed by atoms with Gasteiger partial charge in [-0.15, -0.1) is 0 Å². The van der Waals surface area contributed by atoms with E-state index in [0.717, 1.165) is 23.5 Å². The Bertz CT molecular complexity index is 632. The summed E-state index contributed by atoms with van der Waals surface area (Å²) < 4.78 is 5.96. The SMILES string of the molecule is Cc1cccc(C(=O)Nc2cccc(NCCOCI)c2)c1. The minimum Gasteiger partial charge on any atom is -0.383 e. The van der Waals surface area contributed by atoms with Crippen molar-refractivity contribution in [1.29, 1.82) is 0 Å². The zero-order valence-electron chi connectivity index (χ0n) is 12.4. The Morgan fingerprint density at radius 1 is 1.14 bits per heavy atom. The van der Waals surface area contributed by atoms with Crippen LogP contribution in [0, 0.1) is 6.92 Å². The molecule has 1 amide bonds. The van der Waals surface area contributed by atoms with Gasteiger partial charge in [0.15, 0.2) is 0 Å². The lowest BCUT2D eigenvalue weighted by Crippen LogP contribution is -2.12. The summed E-state index contributed by atoms with van der Waals surface area (Å²) in [6.45, 7) is 3.36. The number of ether oxygens (including phenoxy) is 1. The van der Waals surface area contributed by atoms with Crippen molar-refractivity contribution in [2.24, 2.45) is 0 Å². The van der Waals surface area contributed by atoms with Crippen LogP contribution in [0.5, 0.6) is 0 Å². The summed E-state index contributed by atoms with van der Waals surface area (Å²) in [6.07, 6.45) is 0. The fraction of sp³-hybridized carbons (Fsp3) is 0.235. The van der Waals surface area contributed by atoms with E-state index < -0.39 is 0 Å². The summed E-state index contributed by atoms with van der Waals surface area (Å²) in [5.74, 6) is -0.103. The topological polar surface area (TPSA) is 50.4 Å². The normalized spacial score (nSPS) is 10.3. The van der Waals surface area contributed by atoms with Crippen molar-refractivity contribution in [3.05, 3.63) is 59.7 Å². The molecule has 2 aromatic carbocycles. The van der Waals surface area contributed by atoms with Crippen molar-refractivity contribution < 1.29 is 9.53 Å². The molecular formula is C17H19IN2O2. The molecule has 0 spiro atoms. The summed E-state index contributed by atoms with van der Waals surface area (Å²) in [7, 11) is 0. The van der Waals surface area contributed by atoms with Crippen molar-refractivity contribution in [2.75, 3.05) is 28.4 Å². The number of carbonyl (C=O) groups is 1. The van der Waals surface area contributed by atoms with Gasteiger partial charge in [-0.1, -0.05) is 46.4 Å². The highest BCUT2D eigenvalue weighted by atomic mass is 127. The number of aryl methyl sites for hydroxylation is 1. The van der Waals surface area contributed by atoms with Crippen LogP contribution in [0.25, 0.3) is 0 Å². The molecule has 0 heterocycles. The van der Waals surface area contributed by atoms with Gasteiger partial charge in [-0.2, -0.15) is 0 Å². The predicted octanol–water partition coefficient (Wildman–Crippen LogP) is 4.07. The lowest BCUT2D eigenvalue weighted by atomic mass is 10.1. The lowest BCUT2D eigenvalue weighted by Gasteiger charge is -2.10. The minimum absolute atomic E-state index is 0.103. The van der Waals surface area contributed by atoms with E-state index >= 15 is 0 Å². The number of carbonyl (C=O) groups excluding carboxylic acids is 1. The van der Waals surface area contributed by atoms with Crippen LogP contribution >= 0.6 is 22.6 Å². The molecule has 2 rings (SSSR count). The fourth-order valence-electron chi connectivity index (χ4n) is 2.02. The third-order valence-corrected chi connectivity index (χ3v) is 3.49. The third-order valence-electron chi connectivity index (χ3n) is 3.05. The highest BCUT2D eigenvalue weighted by Crippen LogP contribution is 2.16. The van der Waals surface area contributed by atoms with Crippen molar-refractivity contribution >= 4 is 39.9 Å². The van der Waals surface area contributed by atoms with E-state index in [4.69, 9.17) is 4.74 Å². The Kier molecular flexibility index (Phi) is 6.67. The number of hydrogen-bond acceptors (Lipinski definition) is 3. The number of halogens is 1. The van der Waals surface area contributed by atoms with Crippen molar-refractivity contribution in [2.45, 2.75) is 6.92 Å². The summed E-state index contributed by atoms with van der Waals surface area (Å²) in [4.78, 5) is 12.2. The number of benzene rings is 2. The van der Waals surface area contributed by atoms with Gasteiger partial charge in [0.25, 0.3) is 5.91 Å². The number of rotatable bonds is 7. The number of amides is 1. The maximum Gasteiger partial charge on any atom is 0.255 e. The maximum atomic E-state index is 12.2. The molecule has 0 aromatic heterocycles. The van der Waals surface area contributed by atoms with Crippen LogP contribution in [0.4, 0.5) is 11.4 Å². The van der Waals surface area contributed by atoms with Crippen LogP contribution in [-0.4, -0.2) is 23.7 Å². The quantitative estimate of drug-likeness (QED) is 0.411. The average Bonchev–Trinajstić information content (AvgIpc) is 2.52. The van der Waals surface area contributed by atoms with Crippen LogP contribution in [-0.2, 0) is 4.74 Å². The molecule has 0 aliphatic carbocycles. The Morgan fingerprint density at radius 2 is 1.91 bits per heavy atom. The van der Waals surface area contributed by atoms with Crippen molar-refractivity contribution in [3.8, 4) is 0 Å². The summed E-state index contributed by atoms with van der Waals surface area (Å²) in [5.41, 5.74) is 3.46. The highest BCUT2D eigenvalue weighted by molar-refractivity contribution is 14.1. The number of alkyl halides is 1. The molecule has 2 N–H and O–H groups in total. The molecule has 5 heteroatoms. The largest absolute Gasteiger partial charge is 0.383 e. The Labute approximate surface area is 144 Å². The van der Waals surface area contributed by atoms with E-state index in [2.05, 4.69) is 33.2 Å². The molecule has 0 aliphatic heterocycles. The Balaban J connectivity index is 1.96. The maximum absolute atomic E-state index is 12.2. The molecule has 0 unspecified atom stereocenters. The molecule has 0 fully saturated rings. The summed E-state index contributed by atoms with van der Waals surface area (Å²) in [6, 6.07) is 15.2. The van der Waals surface area contributed by atoms with E-state index in [0.29, 0.717) is 16.8 Å². The minimum atomic E-state index is -0.103. The van der Waals surface area contributed by atoms with Gasteiger partial charge < -0.3 is 15.4 Å². The molecule has 22 heavy (non-hydrogen) atoms. The first-order valence-electron chi connectivity index (χ1n) is 7.05. The first-order chi connectivity index (χ1) is 10.7. The van der Waals surface area contributed by atoms with Crippen molar-refractivity contribution in [1.82, 2.24) is 0 Å². The predicted molar refractivity (Wildman–Crippen MR) is 98.9 cm³/mol. The number of nitrogens with one attached hydrogen (secondary N) is 2. The first kappa shape index (κ1) is 16.8. The van der Waals surface area contributed by atoms with Crippen LogP contribution in [0.2, 0.25) is 0 Å². The summed E-state index contributed by atoms with van der Waals surface area (Å²) in [5, 5.41) is 6.18. The molecule has 0 saturated carbocycles. The third kappa shape index (κ3) is 5.31. The van der Waals surface area contributed by atoms with Gasteiger partial charge in [0.05, 0.1) is 11.2 Å². The molecule has 2 aromatic rings. The molecule has 0 bridgehead atoms. The van der Waals surface area contributed by atoms with E-state index in [1.54, 1.807) is 0 Å². The molecule has 0 atom stereocenters. The van der Waals surface area contributed by atoms with E-state index in [9.17, 15) is 4.79 Å². The monoisotopic (exact) mass is 410 g/mol.